The zero-order valence-corrected chi connectivity index (χ0v) is 9.83. The largest absolute Gasteiger partial charge is 0.384 e. The predicted molar refractivity (Wildman–Crippen MR) is 65.8 cm³/mol. The van der Waals surface area contributed by atoms with Gasteiger partial charge in [-0.05, 0) is 36.9 Å². The first-order chi connectivity index (χ1) is 7.25. The van der Waals surface area contributed by atoms with Gasteiger partial charge in [0.05, 0.1) is 0 Å². The molecule has 15 heavy (non-hydrogen) atoms. The second-order valence-corrected chi connectivity index (χ2v) is 5.17. The van der Waals surface area contributed by atoms with Crippen LogP contribution in [0.4, 0.5) is 5.82 Å². The predicted octanol–water partition coefficient (Wildman–Crippen LogP) is 1.60. The van der Waals surface area contributed by atoms with E-state index in [1.165, 1.54) is 23.5 Å². The van der Waals surface area contributed by atoms with Gasteiger partial charge in [0.2, 0.25) is 0 Å². The van der Waals surface area contributed by atoms with Crippen LogP contribution in [0.3, 0.4) is 0 Å². The average molecular weight is 223 g/mol. The first kappa shape index (κ1) is 10.8. The lowest BCUT2D eigenvalue weighted by Gasteiger charge is -2.23. The highest BCUT2D eigenvalue weighted by Gasteiger charge is 2.19. The fourth-order valence-electron chi connectivity index (χ4n) is 1.88. The van der Waals surface area contributed by atoms with Crippen LogP contribution in [-0.4, -0.2) is 34.5 Å². The van der Waals surface area contributed by atoms with Crippen molar-refractivity contribution < 1.29 is 0 Å². The second-order valence-electron chi connectivity index (χ2n) is 4.02. The summed E-state index contributed by atoms with van der Waals surface area (Å²) in [5, 5.41) is 0. The van der Waals surface area contributed by atoms with Crippen LogP contribution in [0.5, 0.6) is 0 Å². The van der Waals surface area contributed by atoms with Crippen LogP contribution in [0.2, 0.25) is 0 Å². The molecule has 0 radical (unpaired) electrons. The van der Waals surface area contributed by atoms with Crippen molar-refractivity contribution in [1.82, 2.24) is 9.88 Å². The number of hydrogen-bond donors (Lipinski definition) is 1. The molecule has 1 aromatic rings. The topological polar surface area (TPSA) is 42.2 Å². The van der Waals surface area contributed by atoms with E-state index in [9.17, 15) is 0 Å². The third kappa shape index (κ3) is 2.86. The molecule has 1 unspecified atom stereocenters. The lowest BCUT2D eigenvalue weighted by atomic mass is 10.2. The fourth-order valence-corrected chi connectivity index (χ4v) is 3.18. The molecule has 0 amide bonds. The lowest BCUT2D eigenvalue weighted by molar-refractivity contribution is 0.254. The maximum atomic E-state index is 5.65. The molecule has 1 saturated heterocycles. The van der Waals surface area contributed by atoms with E-state index in [2.05, 4.69) is 16.9 Å². The number of pyridine rings is 1. The number of nitrogens with two attached hydrogens (primary N) is 1. The summed E-state index contributed by atoms with van der Waals surface area (Å²) in [6.07, 6.45) is 3.09. The monoisotopic (exact) mass is 223 g/mol. The Morgan fingerprint density at radius 2 is 2.53 bits per heavy atom. The molecule has 1 aliphatic rings. The van der Waals surface area contributed by atoms with Gasteiger partial charge in [-0.3, -0.25) is 4.90 Å². The minimum Gasteiger partial charge on any atom is -0.384 e. The third-order valence-corrected chi connectivity index (χ3v) is 3.95. The highest BCUT2D eigenvalue weighted by atomic mass is 32.2. The molecule has 2 N–H and O–H groups in total. The van der Waals surface area contributed by atoms with Crippen molar-refractivity contribution >= 4 is 17.6 Å². The number of aromatic nitrogens is 1. The SMILES string of the molecule is CN(Cc1ccnc(N)c1)C1CCSC1. The standard InChI is InChI=1S/C11H17N3S/c1-14(10-3-5-15-8-10)7-9-2-4-13-11(12)6-9/h2,4,6,10H,3,5,7-8H2,1H3,(H2,12,13). The van der Waals surface area contributed by atoms with E-state index in [0.29, 0.717) is 5.82 Å². The fraction of sp³-hybridized carbons (Fsp3) is 0.545. The maximum Gasteiger partial charge on any atom is 0.123 e. The van der Waals surface area contributed by atoms with Gasteiger partial charge < -0.3 is 5.73 Å². The third-order valence-electron chi connectivity index (χ3n) is 2.81. The first-order valence-corrected chi connectivity index (χ1v) is 6.39. The summed E-state index contributed by atoms with van der Waals surface area (Å²) in [5.74, 6) is 3.17. The van der Waals surface area contributed by atoms with E-state index in [1.54, 1.807) is 6.20 Å². The molecular weight excluding hydrogens is 206 g/mol. The van der Waals surface area contributed by atoms with E-state index >= 15 is 0 Å². The Balaban J connectivity index is 1.95. The van der Waals surface area contributed by atoms with E-state index in [1.807, 2.05) is 23.9 Å². The van der Waals surface area contributed by atoms with Crippen LogP contribution in [0, 0.1) is 0 Å². The van der Waals surface area contributed by atoms with Crippen molar-refractivity contribution in [2.75, 3.05) is 24.3 Å². The maximum absolute atomic E-state index is 5.65. The molecule has 0 saturated carbocycles. The Hall–Kier alpha value is -0.740. The van der Waals surface area contributed by atoms with E-state index in [4.69, 9.17) is 5.73 Å². The van der Waals surface area contributed by atoms with E-state index in [0.717, 1.165) is 12.6 Å². The highest BCUT2D eigenvalue weighted by Crippen LogP contribution is 2.22. The smallest absolute Gasteiger partial charge is 0.123 e. The minimum atomic E-state index is 0.613. The molecule has 2 rings (SSSR count). The number of nitrogen functional groups attached to an aromatic ring is 1. The van der Waals surface area contributed by atoms with Crippen molar-refractivity contribution in [3.63, 3.8) is 0 Å². The molecule has 3 nitrogen and oxygen atoms in total. The van der Waals surface area contributed by atoms with Crippen LogP contribution >= 0.6 is 11.8 Å². The van der Waals surface area contributed by atoms with Crippen LogP contribution in [0.15, 0.2) is 18.3 Å². The first-order valence-electron chi connectivity index (χ1n) is 5.24. The van der Waals surface area contributed by atoms with Gasteiger partial charge in [-0.15, -0.1) is 0 Å². The van der Waals surface area contributed by atoms with Crippen molar-refractivity contribution in [1.29, 1.82) is 0 Å². The van der Waals surface area contributed by atoms with Gasteiger partial charge >= 0.3 is 0 Å². The molecule has 0 spiro atoms. The van der Waals surface area contributed by atoms with Gasteiger partial charge in [0.1, 0.15) is 5.82 Å². The zero-order valence-electron chi connectivity index (χ0n) is 9.02. The Kier molecular flexibility index (Phi) is 3.49. The van der Waals surface area contributed by atoms with E-state index in [-0.39, 0.29) is 0 Å². The van der Waals surface area contributed by atoms with Gasteiger partial charge in [-0.25, -0.2) is 4.98 Å². The molecular formula is C11H17N3S. The molecule has 2 heterocycles. The lowest BCUT2D eigenvalue weighted by Crippen LogP contribution is -2.30. The van der Waals surface area contributed by atoms with Crippen LogP contribution in [0.1, 0.15) is 12.0 Å². The molecule has 0 aromatic carbocycles. The number of anilines is 1. The minimum absolute atomic E-state index is 0.613. The van der Waals surface area contributed by atoms with Gasteiger partial charge in [-0.1, -0.05) is 0 Å². The normalized spacial score (nSPS) is 21.1. The number of hydrogen-bond acceptors (Lipinski definition) is 4. The molecule has 4 heteroatoms. The quantitative estimate of drug-likeness (QED) is 0.845. The zero-order chi connectivity index (χ0) is 10.7. The summed E-state index contributed by atoms with van der Waals surface area (Å²) in [6.45, 7) is 0.970. The summed E-state index contributed by atoms with van der Waals surface area (Å²) in [6, 6.07) is 4.72. The van der Waals surface area contributed by atoms with Crippen molar-refractivity contribution in [2.24, 2.45) is 0 Å². The second kappa shape index (κ2) is 4.86. The summed E-state index contributed by atoms with van der Waals surface area (Å²) < 4.78 is 0. The molecule has 1 atom stereocenters. The van der Waals surface area contributed by atoms with E-state index < -0.39 is 0 Å². The summed E-state index contributed by atoms with van der Waals surface area (Å²) in [5.41, 5.74) is 6.91. The molecule has 1 aromatic heterocycles. The summed E-state index contributed by atoms with van der Waals surface area (Å²) in [4.78, 5) is 6.41. The van der Waals surface area contributed by atoms with Crippen LogP contribution < -0.4 is 5.73 Å². The number of nitrogens with zero attached hydrogens (tertiary/aromatic N) is 2. The van der Waals surface area contributed by atoms with Crippen molar-refractivity contribution in [3.05, 3.63) is 23.9 Å². The Bertz CT molecular complexity index is 323. The molecule has 1 aliphatic heterocycles. The van der Waals surface area contributed by atoms with Crippen LogP contribution in [-0.2, 0) is 6.54 Å². The molecule has 1 fully saturated rings. The number of rotatable bonds is 3. The van der Waals surface area contributed by atoms with Gasteiger partial charge in [0, 0.05) is 24.5 Å². The van der Waals surface area contributed by atoms with Gasteiger partial charge in [0.25, 0.3) is 0 Å². The Labute approximate surface area is 95.1 Å². The van der Waals surface area contributed by atoms with Gasteiger partial charge in [0.15, 0.2) is 0 Å². The number of thioether (sulfide) groups is 1. The van der Waals surface area contributed by atoms with Crippen molar-refractivity contribution in [3.8, 4) is 0 Å². The molecule has 0 aliphatic carbocycles. The van der Waals surface area contributed by atoms with Crippen molar-refractivity contribution in [2.45, 2.75) is 19.0 Å². The molecule has 82 valence electrons. The Morgan fingerprint density at radius 3 is 3.20 bits per heavy atom. The summed E-state index contributed by atoms with van der Waals surface area (Å²) in [7, 11) is 2.19. The highest BCUT2D eigenvalue weighted by molar-refractivity contribution is 7.99. The Morgan fingerprint density at radius 1 is 1.67 bits per heavy atom. The van der Waals surface area contributed by atoms with Gasteiger partial charge in [-0.2, -0.15) is 11.8 Å². The van der Waals surface area contributed by atoms with Crippen LogP contribution in [0.25, 0.3) is 0 Å². The molecule has 0 bridgehead atoms. The summed E-state index contributed by atoms with van der Waals surface area (Å²) >= 11 is 2.05. The average Bonchev–Trinajstić information content (AvgIpc) is 2.70.